The molecule has 0 atom stereocenters. The summed E-state index contributed by atoms with van der Waals surface area (Å²) in [6.45, 7) is 0. The maximum Gasteiger partial charge on any atom is 0.417 e. The van der Waals surface area contributed by atoms with Gasteiger partial charge in [0.2, 0.25) is 0 Å². The quantitative estimate of drug-likeness (QED) is 0.454. The fourth-order valence-corrected chi connectivity index (χ4v) is 1.79. The number of rotatable bonds is 3. The Morgan fingerprint density at radius 1 is 1.00 bits per heavy atom. The Balaban J connectivity index is 2.34. The van der Waals surface area contributed by atoms with Crippen molar-refractivity contribution in [3.63, 3.8) is 0 Å². The third kappa shape index (κ3) is 3.78. The molecule has 1 nitrogen and oxygen atoms in total. The van der Waals surface area contributed by atoms with E-state index in [1.165, 1.54) is 6.08 Å². The van der Waals surface area contributed by atoms with Crippen molar-refractivity contribution in [1.82, 2.24) is 0 Å². The molecule has 5 heteroatoms. The van der Waals surface area contributed by atoms with Gasteiger partial charge in [-0.15, -0.1) is 0 Å². The molecule has 0 aliphatic heterocycles. The third-order valence-electron chi connectivity index (χ3n) is 2.78. The molecule has 0 spiro atoms. The van der Waals surface area contributed by atoms with Crippen molar-refractivity contribution in [2.45, 2.75) is 6.18 Å². The molecule has 2 rings (SSSR count). The molecule has 0 amide bonds. The Labute approximate surface area is 118 Å². The van der Waals surface area contributed by atoms with Crippen molar-refractivity contribution in [1.29, 1.82) is 0 Å². The van der Waals surface area contributed by atoms with Crippen LogP contribution in [0.15, 0.2) is 54.6 Å². The van der Waals surface area contributed by atoms with Gasteiger partial charge in [0.1, 0.15) is 5.82 Å². The molecule has 0 radical (unpaired) electrons. The lowest BCUT2D eigenvalue weighted by atomic mass is 10.0. The van der Waals surface area contributed by atoms with Crippen LogP contribution in [0.5, 0.6) is 0 Å². The van der Waals surface area contributed by atoms with E-state index in [1.807, 2.05) is 0 Å². The number of benzene rings is 2. The first kappa shape index (κ1) is 15.0. The summed E-state index contributed by atoms with van der Waals surface area (Å²) in [4.78, 5) is 11.9. The van der Waals surface area contributed by atoms with Crippen LogP contribution in [0.2, 0.25) is 0 Å². The molecule has 2 aromatic carbocycles. The van der Waals surface area contributed by atoms with Crippen LogP contribution in [0.25, 0.3) is 6.08 Å². The standard InChI is InChI=1S/C16H10F4O/c17-12-7-8-13(14(10-12)16(18,19)20)15(21)9-6-11-4-2-1-3-5-11/h1-10H. The molecule has 0 saturated carbocycles. The molecule has 0 unspecified atom stereocenters. The van der Waals surface area contributed by atoms with Crippen molar-refractivity contribution in [3.05, 3.63) is 77.1 Å². The van der Waals surface area contributed by atoms with E-state index in [1.54, 1.807) is 30.3 Å². The highest BCUT2D eigenvalue weighted by atomic mass is 19.4. The van der Waals surface area contributed by atoms with Crippen LogP contribution in [0.3, 0.4) is 0 Å². The lowest BCUT2D eigenvalue weighted by Gasteiger charge is -2.10. The lowest BCUT2D eigenvalue weighted by molar-refractivity contribution is -0.138. The summed E-state index contributed by atoms with van der Waals surface area (Å²) in [5.41, 5.74) is -1.16. The van der Waals surface area contributed by atoms with Crippen molar-refractivity contribution in [2.24, 2.45) is 0 Å². The highest BCUT2D eigenvalue weighted by Crippen LogP contribution is 2.32. The Hall–Kier alpha value is -2.43. The van der Waals surface area contributed by atoms with Gasteiger partial charge in [0, 0.05) is 5.56 Å². The van der Waals surface area contributed by atoms with E-state index in [0.29, 0.717) is 11.6 Å². The largest absolute Gasteiger partial charge is 0.417 e. The molecule has 0 aliphatic carbocycles. The molecule has 0 heterocycles. The van der Waals surface area contributed by atoms with E-state index in [-0.39, 0.29) is 0 Å². The zero-order valence-electron chi connectivity index (χ0n) is 10.7. The van der Waals surface area contributed by atoms with Crippen molar-refractivity contribution >= 4 is 11.9 Å². The summed E-state index contributed by atoms with van der Waals surface area (Å²) in [7, 11) is 0. The normalized spacial score (nSPS) is 11.8. The van der Waals surface area contributed by atoms with Gasteiger partial charge in [-0.1, -0.05) is 36.4 Å². The Morgan fingerprint density at radius 2 is 1.67 bits per heavy atom. The summed E-state index contributed by atoms with van der Waals surface area (Å²) in [6, 6.07) is 10.7. The summed E-state index contributed by atoms with van der Waals surface area (Å²) >= 11 is 0. The van der Waals surface area contributed by atoms with Gasteiger partial charge in [-0.3, -0.25) is 4.79 Å². The van der Waals surface area contributed by atoms with Gasteiger partial charge in [0.15, 0.2) is 5.78 Å². The van der Waals surface area contributed by atoms with E-state index >= 15 is 0 Å². The molecule has 0 bridgehead atoms. The van der Waals surface area contributed by atoms with Crippen LogP contribution in [0, 0.1) is 5.82 Å². The van der Waals surface area contributed by atoms with Gasteiger partial charge < -0.3 is 0 Å². The van der Waals surface area contributed by atoms with Gasteiger partial charge in [-0.2, -0.15) is 13.2 Å². The summed E-state index contributed by atoms with van der Waals surface area (Å²) in [5.74, 6) is -1.86. The molecule has 0 saturated heterocycles. The molecule has 0 N–H and O–H groups in total. The minimum Gasteiger partial charge on any atom is -0.289 e. The Morgan fingerprint density at radius 3 is 2.29 bits per heavy atom. The predicted molar refractivity (Wildman–Crippen MR) is 71.2 cm³/mol. The second-order valence-electron chi connectivity index (χ2n) is 4.30. The fourth-order valence-electron chi connectivity index (χ4n) is 1.79. The second kappa shape index (κ2) is 5.91. The summed E-state index contributed by atoms with van der Waals surface area (Å²) < 4.78 is 51.4. The molecule has 0 aliphatic rings. The van der Waals surface area contributed by atoms with Crippen LogP contribution in [0.4, 0.5) is 17.6 Å². The first-order valence-electron chi connectivity index (χ1n) is 6.02. The number of ketones is 1. The smallest absolute Gasteiger partial charge is 0.289 e. The molecule has 0 aromatic heterocycles. The zero-order valence-corrected chi connectivity index (χ0v) is 10.7. The number of alkyl halides is 3. The highest BCUT2D eigenvalue weighted by molar-refractivity contribution is 6.07. The Bertz CT molecular complexity index is 672. The van der Waals surface area contributed by atoms with E-state index in [9.17, 15) is 22.4 Å². The molecule has 2 aromatic rings. The van der Waals surface area contributed by atoms with E-state index < -0.39 is 28.9 Å². The maximum atomic E-state index is 13.0. The lowest BCUT2D eigenvalue weighted by Crippen LogP contribution is -2.12. The number of carbonyl (C=O) groups is 1. The van der Waals surface area contributed by atoms with Gasteiger partial charge in [0.05, 0.1) is 5.56 Å². The molecule has 108 valence electrons. The minimum atomic E-state index is -4.78. The summed E-state index contributed by atoms with van der Waals surface area (Å²) in [5, 5.41) is 0. The number of carbonyl (C=O) groups excluding carboxylic acids is 1. The Kier molecular flexibility index (Phi) is 4.21. The molecule has 21 heavy (non-hydrogen) atoms. The third-order valence-corrected chi connectivity index (χ3v) is 2.78. The van der Waals surface area contributed by atoms with Gasteiger partial charge in [0.25, 0.3) is 0 Å². The van der Waals surface area contributed by atoms with E-state index in [4.69, 9.17) is 0 Å². The van der Waals surface area contributed by atoms with Gasteiger partial charge >= 0.3 is 6.18 Å². The number of halogens is 4. The van der Waals surface area contributed by atoms with Gasteiger partial charge in [-0.25, -0.2) is 4.39 Å². The maximum absolute atomic E-state index is 13.0. The van der Waals surface area contributed by atoms with Crippen LogP contribution < -0.4 is 0 Å². The monoisotopic (exact) mass is 294 g/mol. The average molecular weight is 294 g/mol. The topological polar surface area (TPSA) is 17.1 Å². The first-order valence-corrected chi connectivity index (χ1v) is 6.02. The molecule has 0 fully saturated rings. The van der Waals surface area contributed by atoms with Crippen LogP contribution >= 0.6 is 0 Å². The van der Waals surface area contributed by atoms with E-state index in [2.05, 4.69) is 0 Å². The number of allylic oxidation sites excluding steroid dienone is 1. The van der Waals surface area contributed by atoms with Crippen LogP contribution in [-0.2, 0) is 6.18 Å². The van der Waals surface area contributed by atoms with Crippen molar-refractivity contribution < 1.29 is 22.4 Å². The SMILES string of the molecule is O=C(C=Cc1ccccc1)c1ccc(F)cc1C(F)(F)F. The number of hydrogen-bond acceptors (Lipinski definition) is 1. The highest BCUT2D eigenvalue weighted by Gasteiger charge is 2.35. The molecular formula is C16H10F4O. The average Bonchev–Trinajstić information content (AvgIpc) is 2.45. The van der Waals surface area contributed by atoms with Crippen molar-refractivity contribution in [3.8, 4) is 0 Å². The first-order chi connectivity index (χ1) is 9.88. The van der Waals surface area contributed by atoms with Crippen molar-refractivity contribution in [2.75, 3.05) is 0 Å². The zero-order chi connectivity index (χ0) is 15.5. The van der Waals surface area contributed by atoms with E-state index in [0.717, 1.165) is 18.2 Å². The van der Waals surface area contributed by atoms with Crippen LogP contribution in [0.1, 0.15) is 21.5 Å². The summed E-state index contributed by atoms with van der Waals surface area (Å²) in [6.07, 6.45) is -2.34. The predicted octanol–water partition coefficient (Wildman–Crippen LogP) is 4.74. The fraction of sp³-hybridized carbons (Fsp3) is 0.0625. The van der Waals surface area contributed by atoms with Gasteiger partial charge in [-0.05, 0) is 29.8 Å². The number of hydrogen-bond donors (Lipinski definition) is 0. The second-order valence-corrected chi connectivity index (χ2v) is 4.30. The molecular weight excluding hydrogens is 284 g/mol. The van der Waals surface area contributed by atoms with Crippen LogP contribution in [-0.4, -0.2) is 5.78 Å². The minimum absolute atomic E-state index is 0.323.